The maximum atomic E-state index is 11.9. The molecule has 0 saturated carbocycles. The van der Waals surface area contributed by atoms with Crippen molar-refractivity contribution < 1.29 is 23.1 Å². The van der Waals surface area contributed by atoms with E-state index in [1.54, 1.807) is 0 Å². The number of nitrogens with zero attached hydrogens (tertiary/aromatic N) is 2. The van der Waals surface area contributed by atoms with Crippen LogP contribution in [0, 0.1) is 0 Å². The van der Waals surface area contributed by atoms with E-state index < -0.39 is 6.67 Å². The molecule has 0 spiro atoms. The van der Waals surface area contributed by atoms with E-state index in [-0.39, 0.29) is 6.61 Å². The maximum Gasteiger partial charge on any atom is 0.167 e. The van der Waals surface area contributed by atoms with Crippen LogP contribution in [0.4, 0.5) is 10.1 Å². The lowest BCUT2D eigenvalue weighted by molar-refractivity contribution is 0.0325. The van der Waals surface area contributed by atoms with Crippen LogP contribution in [0.2, 0.25) is 0 Å². The summed E-state index contributed by atoms with van der Waals surface area (Å²) in [6.07, 6.45) is 0. The van der Waals surface area contributed by atoms with Crippen LogP contribution in [0.3, 0.4) is 0 Å². The predicted octanol–water partition coefficient (Wildman–Crippen LogP) is 4.46. The van der Waals surface area contributed by atoms with Crippen molar-refractivity contribution in [3.8, 4) is 28.3 Å². The van der Waals surface area contributed by atoms with Crippen molar-refractivity contribution in [1.29, 1.82) is 0 Å². The van der Waals surface area contributed by atoms with E-state index in [2.05, 4.69) is 22.2 Å². The molecule has 0 aliphatic carbocycles. The molecule has 6 nitrogen and oxygen atoms in total. The van der Waals surface area contributed by atoms with Gasteiger partial charge < -0.3 is 23.6 Å². The number of hydrogen-bond donors (Lipinski definition) is 0. The van der Waals surface area contributed by atoms with Gasteiger partial charge in [-0.2, -0.15) is 0 Å². The third kappa shape index (κ3) is 6.30. The quantitative estimate of drug-likeness (QED) is 0.408. The second-order valence-electron chi connectivity index (χ2n) is 6.80. The Hall–Kier alpha value is -2.90. The number of alkyl halides is 1. The lowest BCUT2D eigenvalue weighted by atomic mass is 10.1. The van der Waals surface area contributed by atoms with Crippen LogP contribution in [0.15, 0.2) is 59.1 Å². The average molecular weight is 414 g/mol. The highest BCUT2D eigenvalue weighted by atomic mass is 19.1. The van der Waals surface area contributed by atoms with Gasteiger partial charge in [0.05, 0.1) is 26.4 Å². The number of rotatable bonds is 12. The molecule has 0 atom stereocenters. The Balaban J connectivity index is 1.48. The van der Waals surface area contributed by atoms with Gasteiger partial charge in [0, 0.05) is 37.0 Å². The zero-order chi connectivity index (χ0) is 21.2. The van der Waals surface area contributed by atoms with Gasteiger partial charge in [0.2, 0.25) is 0 Å². The van der Waals surface area contributed by atoms with E-state index in [1.807, 2.05) is 56.6 Å². The Kier molecular flexibility index (Phi) is 8.23. The summed E-state index contributed by atoms with van der Waals surface area (Å²) < 4.78 is 33.4. The molecule has 1 aromatic heterocycles. The first-order valence-electron chi connectivity index (χ1n) is 9.86. The highest BCUT2D eigenvalue weighted by molar-refractivity contribution is 5.68. The van der Waals surface area contributed by atoms with Crippen molar-refractivity contribution >= 4 is 5.69 Å². The van der Waals surface area contributed by atoms with Gasteiger partial charge in [-0.25, -0.2) is 4.39 Å². The number of hydrogen-bond acceptors (Lipinski definition) is 6. The maximum absolute atomic E-state index is 11.9. The second-order valence-corrected chi connectivity index (χ2v) is 6.80. The summed E-state index contributed by atoms with van der Waals surface area (Å²) in [5, 5.41) is 4.19. The lowest BCUT2D eigenvalue weighted by Crippen LogP contribution is -2.11. The van der Waals surface area contributed by atoms with Gasteiger partial charge in [-0.1, -0.05) is 17.3 Å². The predicted molar refractivity (Wildman–Crippen MR) is 115 cm³/mol. The summed E-state index contributed by atoms with van der Waals surface area (Å²) in [4.78, 5) is 2.05. The molecule has 3 aromatic rings. The van der Waals surface area contributed by atoms with Gasteiger partial charge in [0.15, 0.2) is 5.76 Å². The SMILES string of the molecule is CN(C)c1ccc(-c2cc(-c3ccc(OCCOCCOCCF)cc3)on2)cc1. The summed E-state index contributed by atoms with van der Waals surface area (Å²) in [5.41, 5.74) is 3.86. The topological polar surface area (TPSA) is 57.0 Å². The van der Waals surface area contributed by atoms with E-state index >= 15 is 0 Å². The summed E-state index contributed by atoms with van der Waals surface area (Å²) in [7, 11) is 4.02. The fourth-order valence-corrected chi connectivity index (χ4v) is 2.79. The van der Waals surface area contributed by atoms with Crippen molar-refractivity contribution in [2.75, 3.05) is 58.7 Å². The average Bonchev–Trinajstić information content (AvgIpc) is 3.26. The van der Waals surface area contributed by atoms with E-state index in [9.17, 15) is 4.39 Å². The molecule has 3 rings (SSSR count). The van der Waals surface area contributed by atoms with E-state index in [4.69, 9.17) is 18.7 Å². The van der Waals surface area contributed by atoms with Gasteiger partial charge >= 0.3 is 0 Å². The van der Waals surface area contributed by atoms with Crippen molar-refractivity contribution in [2.45, 2.75) is 0 Å². The molecule has 0 N–H and O–H groups in total. The number of aromatic nitrogens is 1. The molecule has 0 radical (unpaired) electrons. The molecule has 0 bridgehead atoms. The van der Waals surface area contributed by atoms with Crippen LogP contribution >= 0.6 is 0 Å². The number of anilines is 1. The standard InChI is InChI=1S/C23H27FN2O4/c1-26(2)20-7-3-18(4-8-20)22-17-23(30-25-22)19-5-9-21(10-6-19)29-16-15-28-14-13-27-12-11-24/h3-10,17H,11-16H2,1-2H3. The lowest BCUT2D eigenvalue weighted by Gasteiger charge is -2.11. The Morgan fingerprint density at radius 1 is 0.833 bits per heavy atom. The van der Waals surface area contributed by atoms with Crippen molar-refractivity contribution in [3.05, 3.63) is 54.6 Å². The smallest absolute Gasteiger partial charge is 0.167 e. The number of benzene rings is 2. The summed E-state index contributed by atoms with van der Waals surface area (Å²) in [6.45, 7) is 1.32. The van der Waals surface area contributed by atoms with Crippen LogP contribution in [0.25, 0.3) is 22.6 Å². The molecule has 0 aliphatic rings. The highest BCUT2D eigenvalue weighted by Gasteiger charge is 2.09. The van der Waals surface area contributed by atoms with E-state index in [0.717, 1.165) is 28.3 Å². The fourth-order valence-electron chi connectivity index (χ4n) is 2.79. The van der Waals surface area contributed by atoms with Gasteiger partial charge in [0.1, 0.15) is 24.7 Å². The number of ether oxygens (including phenoxy) is 3. The molecular formula is C23H27FN2O4. The molecule has 0 aliphatic heterocycles. The molecule has 7 heteroatoms. The molecule has 1 heterocycles. The Bertz CT molecular complexity index is 879. The molecule has 160 valence electrons. The van der Waals surface area contributed by atoms with Gasteiger partial charge in [0.25, 0.3) is 0 Å². The molecule has 2 aromatic carbocycles. The van der Waals surface area contributed by atoms with Gasteiger partial charge in [-0.05, 0) is 36.4 Å². The first kappa shape index (κ1) is 21.8. The normalized spacial score (nSPS) is 10.9. The van der Waals surface area contributed by atoms with Crippen molar-refractivity contribution in [3.63, 3.8) is 0 Å². The second kappa shape index (κ2) is 11.3. The zero-order valence-electron chi connectivity index (χ0n) is 17.3. The molecule has 0 amide bonds. The minimum atomic E-state index is -0.474. The zero-order valence-corrected chi connectivity index (χ0v) is 17.3. The Morgan fingerprint density at radius 3 is 2.13 bits per heavy atom. The Labute approximate surface area is 176 Å². The van der Waals surface area contributed by atoms with Gasteiger partial charge in [-0.15, -0.1) is 0 Å². The molecular weight excluding hydrogens is 387 g/mol. The first-order chi connectivity index (χ1) is 14.7. The Morgan fingerprint density at radius 2 is 1.47 bits per heavy atom. The third-order valence-corrected chi connectivity index (χ3v) is 4.42. The fraction of sp³-hybridized carbons (Fsp3) is 0.348. The summed E-state index contributed by atoms with van der Waals surface area (Å²) in [5.74, 6) is 1.44. The third-order valence-electron chi connectivity index (χ3n) is 4.42. The van der Waals surface area contributed by atoms with Crippen LogP contribution in [0.1, 0.15) is 0 Å². The van der Waals surface area contributed by atoms with Crippen LogP contribution < -0.4 is 9.64 Å². The first-order valence-corrected chi connectivity index (χ1v) is 9.86. The molecule has 0 unspecified atom stereocenters. The van der Waals surface area contributed by atoms with Crippen LogP contribution in [-0.2, 0) is 9.47 Å². The molecule has 0 fully saturated rings. The van der Waals surface area contributed by atoms with E-state index in [0.29, 0.717) is 32.2 Å². The van der Waals surface area contributed by atoms with Crippen molar-refractivity contribution in [1.82, 2.24) is 5.16 Å². The highest BCUT2D eigenvalue weighted by Crippen LogP contribution is 2.28. The van der Waals surface area contributed by atoms with Crippen molar-refractivity contribution in [2.24, 2.45) is 0 Å². The largest absolute Gasteiger partial charge is 0.491 e. The van der Waals surface area contributed by atoms with Crippen LogP contribution in [0.5, 0.6) is 5.75 Å². The molecule has 30 heavy (non-hydrogen) atoms. The number of halogens is 1. The van der Waals surface area contributed by atoms with Gasteiger partial charge in [-0.3, -0.25) is 0 Å². The minimum absolute atomic E-state index is 0.113. The van der Waals surface area contributed by atoms with Crippen LogP contribution in [-0.4, -0.2) is 59.0 Å². The van der Waals surface area contributed by atoms with E-state index in [1.165, 1.54) is 0 Å². The molecule has 0 saturated heterocycles. The summed E-state index contributed by atoms with van der Waals surface area (Å²) in [6, 6.07) is 17.7. The summed E-state index contributed by atoms with van der Waals surface area (Å²) >= 11 is 0. The monoisotopic (exact) mass is 414 g/mol. The minimum Gasteiger partial charge on any atom is -0.491 e.